The van der Waals surface area contributed by atoms with Gasteiger partial charge in [0.05, 0.1) is 11.1 Å². The molecule has 0 aliphatic rings. The van der Waals surface area contributed by atoms with E-state index in [0.717, 1.165) is 22.7 Å². The Kier molecular flexibility index (Phi) is 3.47. The van der Waals surface area contributed by atoms with Gasteiger partial charge in [0.25, 0.3) is 0 Å². The van der Waals surface area contributed by atoms with Crippen molar-refractivity contribution in [3.63, 3.8) is 0 Å². The second-order valence-corrected chi connectivity index (χ2v) is 5.55. The third kappa shape index (κ3) is 2.67. The fraction of sp³-hybridized carbons (Fsp3) is 0.188. The van der Waals surface area contributed by atoms with Crippen LogP contribution in [-0.2, 0) is 0 Å². The maximum Gasteiger partial charge on any atom is 0.139 e. The zero-order valence-corrected chi connectivity index (χ0v) is 12.6. The molecule has 0 spiro atoms. The summed E-state index contributed by atoms with van der Waals surface area (Å²) in [6.45, 7) is 3.99. The Morgan fingerprint density at radius 3 is 2.81 bits per heavy atom. The first-order valence-electron chi connectivity index (χ1n) is 6.75. The van der Waals surface area contributed by atoms with Crippen molar-refractivity contribution < 1.29 is 4.74 Å². The van der Waals surface area contributed by atoms with E-state index < -0.39 is 0 Å². The van der Waals surface area contributed by atoms with Crippen LogP contribution in [0.15, 0.2) is 42.6 Å². The number of anilines is 1. The molecule has 0 saturated heterocycles. The van der Waals surface area contributed by atoms with E-state index in [1.807, 2.05) is 44.2 Å². The second kappa shape index (κ2) is 5.30. The zero-order valence-electron chi connectivity index (χ0n) is 11.9. The molecule has 2 heterocycles. The Morgan fingerprint density at radius 2 is 2.05 bits per heavy atom. The number of hydrogen-bond donors (Lipinski definition) is 1. The Bertz CT molecular complexity index is 795. The minimum atomic E-state index is 0.123. The van der Waals surface area contributed by atoms with Gasteiger partial charge in [0.15, 0.2) is 0 Å². The van der Waals surface area contributed by atoms with Gasteiger partial charge in [0, 0.05) is 11.8 Å². The number of halogens is 1. The molecule has 0 amide bonds. The topological polar surface area (TPSA) is 52.5 Å². The number of hydrogen-bond acceptors (Lipinski definition) is 3. The molecule has 0 aliphatic carbocycles. The van der Waals surface area contributed by atoms with Crippen LogP contribution in [0.2, 0.25) is 5.02 Å². The lowest BCUT2D eigenvalue weighted by molar-refractivity contribution is 0.242. The fourth-order valence-electron chi connectivity index (χ4n) is 2.24. The predicted molar refractivity (Wildman–Crippen MR) is 85.8 cm³/mol. The van der Waals surface area contributed by atoms with E-state index >= 15 is 0 Å². The first-order chi connectivity index (χ1) is 10.0. The van der Waals surface area contributed by atoms with E-state index in [9.17, 15) is 0 Å². The van der Waals surface area contributed by atoms with Crippen LogP contribution in [0.25, 0.3) is 16.9 Å². The molecule has 0 atom stereocenters. The average Bonchev–Trinajstić information content (AvgIpc) is 2.76. The summed E-state index contributed by atoms with van der Waals surface area (Å²) in [6, 6.07) is 11.4. The van der Waals surface area contributed by atoms with Gasteiger partial charge in [-0.2, -0.15) is 0 Å². The minimum absolute atomic E-state index is 0.123. The van der Waals surface area contributed by atoms with Crippen molar-refractivity contribution in [2.75, 3.05) is 5.73 Å². The summed E-state index contributed by atoms with van der Waals surface area (Å²) < 4.78 is 7.50. The molecule has 0 saturated carbocycles. The van der Waals surface area contributed by atoms with Crippen molar-refractivity contribution >= 4 is 23.1 Å². The van der Waals surface area contributed by atoms with Gasteiger partial charge in [0.1, 0.15) is 22.9 Å². The van der Waals surface area contributed by atoms with E-state index in [-0.39, 0.29) is 6.10 Å². The van der Waals surface area contributed by atoms with E-state index in [0.29, 0.717) is 10.8 Å². The highest BCUT2D eigenvalue weighted by Gasteiger charge is 2.12. The molecule has 0 aliphatic heterocycles. The standard InChI is InChI=1S/C16H16ClN3O/c1-10(2)21-13-5-3-4-11(8-13)15-16(18)20-9-12(17)6-7-14(20)19-15/h3-10H,18H2,1-2H3. The minimum Gasteiger partial charge on any atom is -0.491 e. The lowest BCUT2D eigenvalue weighted by Crippen LogP contribution is -2.05. The summed E-state index contributed by atoms with van der Waals surface area (Å²) >= 11 is 6.00. The van der Waals surface area contributed by atoms with Gasteiger partial charge >= 0.3 is 0 Å². The molecule has 0 bridgehead atoms. The SMILES string of the molecule is CC(C)Oc1cccc(-c2nc3ccc(Cl)cn3c2N)c1. The van der Waals surface area contributed by atoms with Gasteiger partial charge in [-0.05, 0) is 38.1 Å². The van der Waals surface area contributed by atoms with Crippen LogP contribution in [0.4, 0.5) is 5.82 Å². The molecular weight excluding hydrogens is 286 g/mol. The fourth-order valence-corrected chi connectivity index (χ4v) is 2.40. The lowest BCUT2D eigenvalue weighted by Gasteiger charge is -2.10. The Labute approximate surface area is 128 Å². The van der Waals surface area contributed by atoms with Crippen molar-refractivity contribution in [2.45, 2.75) is 20.0 Å². The number of imidazole rings is 1. The predicted octanol–water partition coefficient (Wildman–Crippen LogP) is 4.02. The van der Waals surface area contributed by atoms with Crippen LogP contribution >= 0.6 is 11.6 Å². The molecule has 3 aromatic rings. The molecule has 2 aromatic heterocycles. The third-order valence-electron chi connectivity index (χ3n) is 3.10. The van der Waals surface area contributed by atoms with Crippen molar-refractivity contribution in [1.29, 1.82) is 0 Å². The molecule has 0 radical (unpaired) electrons. The van der Waals surface area contributed by atoms with Crippen LogP contribution in [-0.4, -0.2) is 15.5 Å². The van der Waals surface area contributed by atoms with Crippen molar-refractivity contribution in [3.05, 3.63) is 47.6 Å². The molecule has 0 unspecified atom stereocenters. The number of benzene rings is 1. The van der Waals surface area contributed by atoms with E-state index in [1.165, 1.54) is 0 Å². The molecule has 3 rings (SSSR count). The van der Waals surface area contributed by atoms with E-state index in [4.69, 9.17) is 22.1 Å². The van der Waals surface area contributed by atoms with Gasteiger partial charge in [-0.15, -0.1) is 0 Å². The van der Waals surface area contributed by atoms with Crippen molar-refractivity contribution in [1.82, 2.24) is 9.38 Å². The van der Waals surface area contributed by atoms with Gasteiger partial charge < -0.3 is 10.5 Å². The first-order valence-corrected chi connectivity index (χ1v) is 7.12. The van der Waals surface area contributed by atoms with E-state index in [1.54, 1.807) is 16.7 Å². The Morgan fingerprint density at radius 1 is 1.24 bits per heavy atom. The number of pyridine rings is 1. The maximum atomic E-state index is 6.19. The summed E-state index contributed by atoms with van der Waals surface area (Å²) in [5.41, 5.74) is 8.61. The highest BCUT2D eigenvalue weighted by Crippen LogP contribution is 2.29. The van der Waals surface area contributed by atoms with Crippen LogP contribution in [0, 0.1) is 0 Å². The second-order valence-electron chi connectivity index (χ2n) is 5.12. The third-order valence-corrected chi connectivity index (χ3v) is 3.32. The number of nitrogens with zero attached hydrogens (tertiary/aromatic N) is 2. The molecule has 0 fully saturated rings. The zero-order chi connectivity index (χ0) is 15.0. The number of nitrogens with two attached hydrogens (primary N) is 1. The summed E-state index contributed by atoms with van der Waals surface area (Å²) in [7, 11) is 0. The molecule has 108 valence electrons. The number of aromatic nitrogens is 2. The Hall–Kier alpha value is -2.20. The largest absolute Gasteiger partial charge is 0.491 e. The van der Waals surface area contributed by atoms with Crippen LogP contribution in [0.5, 0.6) is 5.75 Å². The highest BCUT2D eigenvalue weighted by molar-refractivity contribution is 6.30. The van der Waals surface area contributed by atoms with Gasteiger partial charge in [-0.3, -0.25) is 4.40 Å². The first kappa shape index (κ1) is 13.8. The monoisotopic (exact) mass is 301 g/mol. The van der Waals surface area contributed by atoms with Gasteiger partial charge in [0.2, 0.25) is 0 Å². The summed E-state index contributed by atoms with van der Waals surface area (Å²) in [4.78, 5) is 4.57. The lowest BCUT2D eigenvalue weighted by atomic mass is 10.1. The molecule has 4 nitrogen and oxygen atoms in total. The smallest absolute Gasteiger partial charge is 0.139 e. The summed E-state index contributed by atoms with van der Waals surface area (Å²) in [6.07, 6.45) is 1.88. The molecule has 5 heteroatoms. The maximum absolute atomic E-state index is 6.19. The quantitative estimate of drug-likeness (QED) is 0.795. The van der Waals surface area contributed by atoms with Crippen LogP contribution < -0.4 is 10.5 Å². The molecule has 21 heavy (non-hydrogen) atoms. The molecular formula is C16H16ClN3O. The number of fused-ring (bicyclic) bond motifs is 1. The Balaban J connectivity index is 2.10. The van der Waals surface area contributed by atoms with Crippen molar-refractivity contribution in [3.8, 4) is 17.0 Å². The van der Waals surface area contributed by atoms with Crippen molar-refractivity contribution in [2.24, 2.45) is 0 Å². The average molecular weight is 302 g/mol. The van der Waals surface area contributed by atoms with Gasteiger partial charge in [-0.1, -0.05) is 23.7 Å². The van der Waals surface area contributed by atoms with Gasteiger partial charge in [-0.25, -0.2) is 4.98 Å². The highest BCUT2D eigenvalue weighted by atomic mass is 35.5. The summed E-state index contributed by atoms with van der Waals surface area (Å²) in [5.74, 6) is 1.37. The van der Waals surface area contributed by atoms with Crippen LogP contribution in [0.1, 0.15) is 13.8 Å². The molecule has 2 N–H and O–H groups in total. The molecule has 1 aromatic carbocycles. The summed E-state index contributed by atoms with van der Waals surface area (Å²) in [5, 5.41) is 0.620. The number of nitrogen functional groups attached to an aromatic ring is 1. The normalized spacial score (nSPS) is 11.2. The van der Waals surface area contributed by atoms with Crippen LogP contribution in [0.3, 0.4) is 0 Å². The van der Waals surface area contributed by atoms with E-state index in [2.05, 4.69) is 4.98 Å². The number of rotatable bonds is 3. The number of ether oxygens (including phenoxy) is 1.